The van der Waals surface area contributed by atoms with Crippen molar-refractivity contribution in [1.29, 1.82) is 0 Å². The zero-order valence-corrected chi connectivity index (χ0v) is 13.1. The van der Waals surface area contributed by atoms with Crippen LogP contribution in [0.3, 0.4) is 0 Å². The van der Waals surface area contributed by atoms with Crippen LogP contribution in [0.2, 0.25) is 0 Å². The third-order valence-electron chi connectivity index (χ3n) is 4.84. The molecule has 2 aromatic rings. The first kappa shape index (κ1) is 15.1. The van der Waals surface area contributed by atoms with Gasteiger partial charge in [0, 0.05) is 25.4 Å². The third-order valence-corrected chi connectivity index (χ3v) is 4.84. The number of ether oxygens (including phenoxy) is 1. The van der Waals surface area contributed by atoms with Crippen LogP contribution < -0.4 is 4.74 Å². The maximum absolute atomic E-state index is 13.8. The number of hydrogen-bond donors (Lipinski definition) is 0. The quantitative estimate of drug-likeness (QED) is 0.843. The Morgan fingerprint density at radius 3 is 2.75 bits per heavy atom. The fourth-order valence-corrected chi connectivity index (χ4v) is 3.54. The molecule has 0 bridgehead atoms. The summed E-state index contributed by atoms with van der Waals surface area (Å²) >= 11 is 0. The summed E-state index contributed by atoms with van der Waals surface area (Å²) in [5, 5.41) is 0. The third kappa shape index (κ3) is 2.54. The van der Waals surface area contributed by atoms with E-state index < -0.39 is 23.1 Å². The lowest BCUT2D eigenvalue weighted by atomic mass is 9.96. The normalized spacial score (nSPS) is 19.2. The van der Waals surface area contributed by atoms with Crippen molar-refractivity contribution >= 4 is 5.91 Å². The Bertz CT molecular complexity index is 786. The van der Waals surface area contributed by atoms with Gasteiger partial charge in [0.2, 0.25) is 0 Å². The molecule has 1 amide bonds. The Balaban J connectivity index is 1.53. The van der Waals surface area contributed by atoms with E-state index in [4.69, 9.17) is 4.74 Å². The monoisotopic (exact) mass is 329 g/mol. The molecule has 5 heteroatoms. The number of halogens is 2. The zero-order valence-electron chi connectivity index (χ0n) is 13.1. The molecule has 0 aromatic heterocycles. The predicted octanol–water partition coefficient (Wildman–Crippen LogP) is 3.53. The van der Waals surface area contributed by atoms with Gasteiger partial charge in [-0.15, -0.1) is 0 Å². The Kier molecular flexibility index (Phi) is 3.71. The van der Waals surface area contributed by atoms with Gasteiger partial charge < -0.3 is 9.64 Å². The first-order chi connectivity index (χ1) is 11.6. The summed E-state index contributed by atoms with van der Waals surface area (Å²) < 4.78 is 33.2. The molecule has 0 spiro atoms. The van der Waals surface area contributed by atoms with E-state index in [0.717, 1.165) is 36.3 Å². The first-order valence-electron chi connectivity index (χ1n) is 8.12. The maximum atomic E-state index is 13.8. The highest BCUT2D eigenvalue weighted by atomic mass is 19.1. The van der Waals surface area contributed by atoms with Gasteiger partial charge in [0.1, 0.15) is 22.9 Å². The van der Waals surface area contributed by atoms with Crippen LogP contribution in [0.5, 0.6) is 5.75 Å². The second-order valence-corrected chi connectivity index (χ2v) is 6.30. The van der Waals surface area contributed by atoms with E-state index in [0.29, 0.717) is 19.7 Å². The van der Waals surface area contributed by atoms with Crippen LogP contribution in [0.25, 0.3) is 0 Å². The summed E-state index contributed by atoms with van der Waals surface area (Å²) in [7, 11) is 0. The molecule has 1 atom stereocenters. The van der Waals surface area contributed by atoms with E-state index in [2.05, 4.69) is 6.07 Å². The van der Waals surface area contributed by atoms with Gasteiger partial charge in [-0.3, -0.25) is 4.79 Å². The summed E-state index contributed by atoms with van der Waals surface area (Å²) in [6, 6.07) is 9.62. The van der Waals surface area contributed by atoms with Gasteiger partial charge in [0.05, 0.1) is 6.61 Å². The van der Waals surface area contributed by atoms with Gasteiger partial charge in [-0.25, -0.2) is 8.78 Å². The number of hydrogen-bond acceptors (Lipinski definition) is 2. The average molecular weight is 329 g/mol. The summed E-state index contributed by atoms with van der Waals surface area (Å²) in [5.74, 6) is -1.07. The molecule has 3 nitrogen and oxygen atoms in total. The maximum Gasteiger partial charge on any atom is 0.259 e. The van der Waals surface area contributed by atoms with Crippen molar-refractivity contribution in [2.75, 3.05) is 19.7 Å². The highest BCUT2D eigenvalue weighted by Crippen LogP contribution is 2.33. The number of amides is 1. The van der Waals surface area contributed by atoms with E-state index in [1.165, 1.54) is 16.5 Å². The second kappa shape index (κ2) is 5.89. The lowest BCUT2D eigenvalue weighted by Crippen LogP contribution is -2.30. The molecule has 2 aromatic carbocycles. The summed E-state index contributed by atoms with van der Waals surface area (Å²) in [6.07, 6.45) is 1.69. The lowest BCUT2D eigenvalue weighted by Gasteiger charge is -2.18. The van der Waals surface area contributed by atoms with Crippen LogP contribution >= 0.6 is 0 Å². The van der Waals surface area contributed by atoms with Crippen molar-refractivity contribution in [3.63, 3.8) is 0 Å². The highest BCUT2D eigenvalue weighted by Gasteiger charge is 2.31. The largest absolute Gasteiger partial charge is 0.493 e. The van der Waals surface area contributed by atoms with Crippen LogP contribution in [0.15, 0.2) is 36.4 Å². The molecular weight excluding hydrogens is 312 g/mol. The molecule has 2 aliphatic heterocycles. The molecule has 2 heterocycles. The number of rotatable bonds is 2. The molecule has 0 radical (unpaired) electrons. The fourth-order valence-electron chi connectivity index (χ4n) is 3.54. The minimum atomic E-state index is -0.807. The average Bonchev–Trinajstić information content (AvgIpc) is 3.23. The molecule has 0 aliphatic carbocycles. The van der Waals surface area contributed by atoms with E-state index in [9.17, 15) is 13.6 Å². The topological polar surface area (TPSA) is 29.5 Å². The number of nitrogens with zero attached hydrogens (tertiary/aromatic N) is 1. The standard InChI is InChI=1S/C19H17F2NO2/c20-15-2-1-3-16(21)18(15)19(23)22-8-6-14(11-22)12-4-5-17-13(10-12)7-9-24-17/h1-5,10,14H,6-9,11H2. The number of fused-ring (bicyclic) bond motifs is 1. The van der Waals surface area contributed by atoms with Crippen molar-refractivity contribution in [1.82, 2.24) is 4.90 Å². The van der Waals surface area contributed by atoms with Crippen molar-refractivity contribution < 1.29 is 18.3 Å². The van der Waals surface area contributed by atoms with Crippen molar-refractivity contribution in [2.45, 2.75) is 18.8 Å². The fraction of sp³-hybridized carbons (Fsp3) is 0.316. The van der Waals surface area contributed by atoms with Gasteiger partial charge in [-0.2, -0.15) is 0 Å². The molecule has 0 saturated carbocycles. The predicted molar refractivity (Wildman–Crippen MR) is 85.3 cm³/mol. The Morgan fingerprint density at radius 2 is 1.96 bits per heavy atom. The van der Waals surface area contributed by atoms with Gasteiger partial charge in [-0.05, 0) is 35.7 Å². The van der Waals surface area contributed by atoms with Crippen LogP contribution in [-0.2, 0) is 6.42 Å². The summed E-state index contributed by atoms with van der Waals surface area (Å²) in [5.41, 5.74) is 1.89. The summed E-state index contributed by atoms with van der Waals surface area (Å²) in [4.78, 5) is 14.0. The SMILES string of the molecule is O=C(c1c(F)cccc1F)N1CCC(c2ccc3c(c2)CCO3)C1. The van der Waals surface area contributed by atoms with Crippen molar-refractivity contribution in [3.8, 4) is 5.75 Å². The van der Waals surface area contributed by atoms with E-state index >= 15 is 0 Å². The van der Waals surface area contributed by atoms with Crippen LogP contribution in [0.1, 0.15) is 33.8 Å². The second-order valence-electron chi connectivity index (χ2n) is 6.30. The molecule has 1 fully saturated rings. The molecule has 1 unspecified atom stereocenters. The smallest absolute Gasteiger partial charge is 0.259 e. The number of carbonyl (C=O) groups is 1. The lowest BCUT2D eigenvalue weighted by molar-refractivity contribution is 0.0781. The molecule has 2 aliphatic rings. The minimum Gasteiger partial charge on any atom is -0.493 e. The number of benzene rings is 2. The van der Waals surface area contributed by atoms with Gasteiger partial charge in [-0.1, -0.05) is 18.2 Å². The Morgan fingerprint density at radius 1 is 1.17 bits per heavy atom. The van der Waals surface area contributed by atoms with Crippen molar-refractivity contribution in [2.24, 2.45) is 0 Å². The minimum absolute atomic E-state index is 0.190. The molecule has 124 valence electrons. The van der Waals surface area contributed by atoms with Gasteiger partial charge in [0.15, 0.2) is 0 Å². The Hall–Kier alpha value is -2.43. The van der Waals surface area contributed by atoms with E-state index in [-0.39, 0.29) is 5.92 Å². The number of likely N-dealkylation sites (tertiary alicyclic amines) is 1. The van der Waals surface area contributed by atoms with E-state index in [1.54, 1.807) is 0 Å². The molecular formula is C19H17F2NO2. The first-order valence-corrected chi connectivity index (χ1v) is 8.12. The van der Waals surface area contributed by atoms with Gasteiger partial charge >= 0.3 is 0 Å². The molecule has 24 heavy (non-hydrogen) atoms. The molecule has 0 N–H and O–H groups in total. The van der Waals surface area contributed by atoms with Crippen LogP contribution in [0.4, 0.5) is 8.78 Å². The number of carbonyl (C=O) groups excluding carboxylic acids is 1. The van der Waals surface area contributed by atoms with Gasteiger partial charge in [0.25, 0.3) is 5.91 Å². The van der Waals surface area contributed by atoms with E-state index in [1.807, 2.05) is 12.1 Å². The summed E-state index contributed by atoms with van der Waals surface area (Å²) in [6.45, 7) is 1.69. The highest BCUT2D eigenvalue weighted by molar-refractivity contribution is 5.95. The van der Waals surface area contributed by atoms with Crippen molar-refractivity contribution in [3.05, 3.63) is 64.7 Å². The van der Waals surface area contributed by atoms with Crippen LogP contribution in [0, 0.1) is 11.6 Å². The van der Waals surface area contributed by atoms with Crippen LogP contribution in [-0.4, -0.2) is 30.5 Å². The zero-order chi connectivity index (χ0) is 16.7. The Labute approximate surface area is 138 Å². The molecule has 1 saturated heterocycles. The molecule has 4 rings (SSSR count).